The van der Waals surface area contributed by atoms with Crippen molar-refractivity contribution in [3.63, 3.8) is 0 Å². The lowest BCUT2D eigenvalue weighted by molar-refractivity contribution is 0.177. The Morgan fingerprint density at radius 2 is 1.65 bits per heavy atom. The van der Waals surface area contributed by atoms with Crippen LogP contribution in [0.1, 0.15) is 33.9 Å². The van der Waals surface area contributed by atoms with Crippen molar-refractivity contribution in [2.75, 3.05) is 0 Å². The van der Waals surface area contributed by atoms with Crippen LogP contribution in [-0.4, -0.2) is 5.11 Å². The maximum atomic E-state index is 13.4. The van der Waals surface area contributed by atoms with Gasteiger partial charge in [-0.1, -0.05) is 33.6 Å². The highest BCUT2D eigenvalue weighted by atomic mass is 79.9. The Kier molecular flexibility index (Phi) is 4.61. The molecule has 0 radical (unpaired) electrons. The van der Waals surface area contributed by atoms with Crippen LogP contribution in [0.3, 0.4) is 0 Å². The molecule has 0 spiro atoms. The zero-order valence-electron chi connectivity index (χ0n) is 11.9. The molecule has 1 unspecified atom stereocenters. The first-order valence-electron chi connectivity index (χ1n) is 6.57. The van der Waals surface area contributed by atoms with E-state index < -0.39 is 6.10 Å². The quantitative estimate of drug-likeness (QED) is 0.854. The van der Waals surface area contributed by atoms with Crippen molar-refractivity contribution in [2.24, 2.45) is 0 Å². The van der Waals surface area contributed by atoms with E-state index in [1.807, 2.05) is 26.8 Å². The minimum Gasteiger partial charge on any atom is -0.388 e. The maximum Gasteiger partial charge on any atom is 0.124 e. The first kappa shape index (κ1) is 15.2. The fraction of sp³-hybridized carbons (Fsp3) is 0.294. The Morgan fingerprint density at radius 1 is 1.05 bits per heavy atom. The first-order chi connectivity index (χ1) is 9.36. The SMILES string of the molecule is Cc1cc(C)c(C(O)Cc2cc(F)cc(Br)c2)c(C)c1. The van der Waals surface area contributed by atoms with E-state index in [9.17, 15) is 9.50 Å². The van der Waals surface area contributed by atoms with E-state index in [1.165, 1.54) is 17.7 Å². The summed E-state index contributed by atoms with van der Waals surface area (Å²) in [5.41, 5.74) is 5.06. The van der Waals surface area contributed by atoms with E-state index in [1.54, 1.807) is 0 Å². The molecule has 106 valence electrons. The third-order valence-electron chi connectivity index (χ3n) is 3.42. The molecular formula is C17H18BrFO. The minimum absolute atomic E-state index is 0.293. The van der Waals surface area contributed by atoms with Crippen LogP contribution < -0.4 is 0 Å². The number of hydrogen-bond acceptors (Lipinski definition) is 1. The van der Waals surface area contributed by atoms with Gasteiger partial charge in [-0.05, 0) is 61.2 Å². The molecule has 1 nitrogen and oxygen atoms in total. The van der Waals surface area contributed by atoms with Crippen molar-refractivity contribution in [2.45, 2.75) is 33.3 Å². The van der Waals surface area contributed by atoms with Crippen molar-refractivity contribution >= 4 is 15.9 Å². The van der Waals surface area contributed by atoms with E-state index in [-0.39, 0.29) is 5.82 Å². The largest absolute Gasteiger partial charge is 0.388 e. The molecule has 0 aliphatic carbocycles. The van der Waals surface area contributed by atoms with Crippen LogP contribution in [0.4, 0.5) is 4.39 Å². The third-order valence-corrected chi connectivity index (χ3v) is 3.88. The van der Waals surface area contributed by atoms with Gasteiger partial charge in [-0.15, -0.1) is 0 Å². The second kappa shape index (κ2) is 6.06. The van der Waals surface area contributed by atoms with E-state index in [0.29, 0.717) is 10.9 Å². The van der Waals surface area contributed by atoms with E-state index in [0.717, 1.165) is 22.3 Å². The zero-order valence-corrected chi connectivity index (χ0v) is 13.5. The van der Waals surface area contributed by atoms with Gasteiger partial charge in [0, 0.05) is 10.9 Å². The van der Waals surface area contributed by atoms with Gasteiger partial charge in [0.05, 0.1) is 6.10 Å². The highest BCUT2D eigenvalue weighted by Crippen LogP contribution is 2.27. The van der Waals surface area contributed by atoms with Crippen molar-refractivity contribution < 1.29 is 9.50 Å². The van der Waals surface area contributed by atoms with Gasteiger partial charge >= 0.3 is 0 Å². The molecule has 0 aliphatic rings. The van der Waals surface area contributed by atoms with Crippen LogP contribution in [0.15, 0.2) is 34.8 Å². The Bertz CT molecular complexity index is 594. The molecule has 1 atom stereocenters. The molecule has 0 aliphatic heterocycles. The van der Waals surface area contributed by atoms with E-state index >= 15 is 0 Å². The van der Waals surface area contributed by atoms with Gasteiger partial charge in [-0.2, -0.15) is 0 Å². The van der Waals surface area contributed by atoms with Gasteiger partial charge in [-0.3, -0.25) is 0 Å². The fourth-order valence-electron chi connectivity index (χ4n) is 2.77. The second-order valence-electron chi connectivity index (χ2n) is 5.31. The molecule has 0 amide bonds. The third kappa shape index (κ3) is 3.47. The summed E-state index contributed by atoms with van der Waals surface area (Å²) in [7, 11) is 0. The van der Waals surface area contributed by atoms with Gasteiger partial charge in [-0.25, -0.2) is 4.39 Å². The molecule has 0 saturated heterocycles. The Labute approximate surface area is 127 Å². The summed E-state index contributed by atoms with van der Waals surface area (Å²) in [4.78, 5) is 0. The van der Waals surface area contributed by atoms with E-state index in [4.69, 9.17) is 0 Å². The Balaban J connectivity index is 2.30. The van der Waals surface area contributed by atoms with E-state index in [2.05, 4.69) is 28.1 Å². The molecule has 0 saturated carbocycles. The van der Waals surface area contributed by atoms with Crippen LogP contribution >= 0.6 is 15.9 Å². The summed E-state index contributed by atoms with van der Waals surface area (Å²) in [5, 5.41) is 10.5. The topological polar surface area (TPSA) is 20.2 Å². The summed E-state index contributed by atoms with van der Waals surface area (Å²) in [5.74, 6) is -0.293. The predicted octanol–water partition coefficient (Wildman–Crippen LogP) is 4.79. The summed E-state index contributed by atoms with van der Waals surface area (Å²) >= 11 is 3.28. The number of aliphatic hydroxyl groups is 1. The normalized spacial score (nSPS) is 12.5. The Hall–Kier alpha value is -1.19. The van der Waals surface area contributed by atoms with Crippen LogP contribution in [0.5, 0.6) is 0 Å². The molecule has 0 heterocycles. The molecule has 2 rings (SSSR count). The minimum atomic E-state index is -0.621. The molecule has 0 fully saturated rings. The predicted molar refractivity (Wildman–Crippen MR) is 83.4 cm³/mol. The smallest absolute Gasteiger partial charge is 0.124 e. The van der Waals surface area contributed by atoms with Crippen LogP contribution in [0.2, 0.25) is 0 Å². The van der Waals surface area contributed by atoms with Gasteiger partial charge in [0.25, 0.3) is 0 Å². The van der Waals surface area contributed by atoms with Crippen molar-refractivity contribution in [3.05, 3.63) is 68.4 Å². The average Bonchev–Trinajstić information content (AvgIpc) is 2.25. The number of aryl methyl sites for hydroxylation is 3. The second-order valence-corrected chi connectivity index (χ2v) is 6.23. The van der Waals surface area contributed by atoms with Crippen molar-refractivity contribution in [1.29, 1.82) is 0 Å². The molecular weight excluding hydrogens is 319 g/mol. The zero-order chi connectivity index (χ0) is 14.9. The molecule has 3 heteroatoms. The van der Waals surface area contributed by atoms with Crippen molar-refractivity contribution in [1.82, 2.24) is 0 Å². The summed E-state index contributed by atoms with van der Waals surface area (Å²) in [6.45, 7) is 6.04. The molecule has 20 heavy (non-hydrogen) atoms. The first-order valence-corrected chi connectivity index (χ1v) is 7.37. The summed E-state index contributed by atoms with van der Waals surface area (Å²) < 4.78 is 14.1. The molecule has 0 aromatic heterocycles. The molecule has 0 bridgehead atoms. The van der Waals surface area contributed by atoms with Crippen LogP contribution in [-0.2, 0) is 6.42 Å². The number of hydrogen-bond donors (Lipinski definition) is 1. The van der Waals surface area contributed by atoms with Gasteiger partial charge in [0.1, 0.15) is 5.82 Å². The average molecular weight is 337 g/mol. The highest BCUT2D eigenvalue weighted by Gasteiger charge is 2.15. The number of halogens is 2. The Morgan fingerprint density at radius 3 is 2.20 bits per heavy atom. The maximum absolute atomic E-state index is 13.4. The van der Waals surface area contributed by atoms with Gasteiger partial charge in [0.2, 0.25) is 0 Å². The number of benzene rings is 2. The lowest BCUT2D eigenvalue weighted by atomic mass is 9.92. The fourth-order valence-corrected chi connectivity index (χ4v) is 3.28. The number of rotatable bonds is 3. The summed E-state index contributed by atoms with van der Waals surface area (Å²) in [6, 6.07) is 8.84. The molecule has 1 N–H and O–H groups in total. The van der Waals surface area contributed by atoms with Crippen LogP contribution in [0, 0.1) is 26.6 Å². The molecule has 2 aromatic carbocycles. The molecule has 2 aromatic rings. The monoisotopic (exact) mass is 336 g/mol. The van der Waals surface area contributed by atoms with Crippen molar-refractivity contribution in [3.8, 4) is 0 Å². The highest BCUT2D eigenvalue weighted by molar-refractivity contribution is 9.10. The lowest BCUT2D eigenvalue weighted by Gasteiger charge is -2.18. The van der Waals surface area contributed by atoms with Gasteiger partial charge < -0.3 is 5.11 Å². The summed E-state index contributed by atoms with van der Waals surface area (Å²) in [6.07, 6.45) is -0.217. The van der Waals surface area contributed by atoms with Crippen LogP contribution in [0.25, 0.3) is 0 Å². The lowest BCUT2D eigenvalue weighted by Crippen LogP contribution is -2.07. The van der Waals surface area contributed by atoms with Gasteiger partial charge in [0.15, 0.2) is 0 Å². The number of aliphatic hydroxyl groups excluding tert-OH is 1. The standard InChI is InChI=1S/C17H18BrFO/c1-10-4-11(2)17(12(3)5-10)16(20)8-13-6-14(18)9-15(19)7-13/h4-7,9,16,20H,8H2,1-3H3.